The summed E-state index contributed by atoms with van der Waals surface area (Å²) < 4.78 is 4.99. The van der Waals surface area contributed by atoms with E-state index in [0.717, 1.165) is 0 Å². The first kappa shape index (κ1) is 11.1. The highest BCUT2D eigenvalue weighted by Crippen LogP contribution is 2.12. The summed E-state index contributed by atoms with van der Waals surface area (Å²) in [4.78, 5) is 11.6. The van der Waals surface area contributed by atoms with Gasteiger partial charge in [-0.15, -0.1) is 0 Å². The molecule has 0 aliphatic rings. The van der Waals surface area contributed by atoms with Gasteiger partial charge in [0.1, 0.15) is 11.8 Å². The zero-order valence-electron chi connectivity index (χ0n) is 8.65. The minimum atomic E-state index is -0.497. The highest BCUT2D eigenvalue weighted by atomic mass is 16.5. The number of rotatable bonds is 3. The van der Waals surface area contributed by atoms with Gasteiger partial charge in [0, 0.05) is 5.56 Å². The van der Waals surface area contributed by atoms with Crippen molar-refractivity contribution in [3.63, 3.8) is 0 Å². The Bertz CT molecular complexity index is 396. The van der Waals surface area contributed by atoms with Crippen molar-refractivity contribution in [3.8, 4) is 11.8 Å². The summed E-state index contributed by atoms with van der Waals surface area (Å²) in [6.45, 7) is 1.62. The van der Waals surface area contributed by atoms with E-state index in [-0.39, 0.29) is 5.91 Å². The van der Waals surface area contributed by atoms with E-state index >= 15 is 0 Å². The van der Waals surface area contributed by atoms with Crippen molar-refractivity contribution in [2.75, 3.05) is 7.11 Å². The molecule has 4 nitrogen and oxygen atoms in total. The number of hydrogen-bond acceptors (Lipinski definition) is 3. The second-order valence-corrected chi connectivity index (χ2v) is 3.06. The van der Waals surface area contributed by atoms with E-state index < -0.39 is 6.04 Å². The summed E-state index contributed by atoms with van der Waals surface area (Å²) in [6.07, 6.45) is 0. The molecule has 0 spiro atoms. The minimum absolute atomic E-state index is 0.275. The van der Waals surface area contributed by atoms with Crippen molar-refractivity contribution in [3.05, 3.63) is 29.8 Å². The van der Waals surface area contributed by atoms with Gasteiger partial charge < -0.3 is 10.1 Å². The van der Waals surface area contributed by atoms with Gasteiger partial charge in [-0.05, 0) is 25.1 Å². The van der Waals surface area contributed by atoms with Crippen molar-refractivity contribution in [2.24, 2.45) is 0 Å². The molecule has 1 unspecified atom stereocenters. The van der Waals surface area contributed by atoms with Crippen LogP contribution in [0.3, 0.4) is 0 Å². The molecule has 0 aliphatic heterocycles. The van der Waals surface area contributed by atoms with E-state index in [9.17, 15) is 4.79 Å². The number of carbonyl (C=O) groups excluding carboxylic acids is 1. The Hall–Kier alpha value is -2.02. The molecule has 1 amide bonds. The van der Waals surface area contributed by atoms with Crippen molar-refractivity contribution in [2.45, 2.75) is 13.0 Å². The number of nitriles is 1. The summed E-state index contributed by atoms with van der Waals surface area (Å²) in [5.74, 6) is 0.343. The van der Waals surface area contributed by atoms with Crippen LogP contribution in [0.15, 0.2) is 24.3 Å². The Kier molecular flexibility index (Phi) is 3.69. The lowest BCUT2D eigenvalue weighted by Crippen LogP contribution is -2.31. The maximum absolute atomic E-state index is 11.6. The van der Waals surface area contributed by atoms with E-state index in [4.69, 9.17) is 10.00 Å². The van der Waals surface area contributed by atoms with Gasteiger partial charge in [-0.25, -0.2) is 0 Å². The molecule has 0 aliphatic carbocycles. The molecule has 78 valence electrons. The van der Waals surface area contributed by atoms with Crippen LogP contribution in [0.25, 0.3) is 0 Å². The SMILES string of the molecule is COc1cccc(C(=O)NC(C)C#N)c1. The Morgan fingerprint density at radius 3 is 2.93 bits per heavy atom. The van der Waals surface area contributed by atoms with Gasteiger partial charge in [0.2, 0.25) is 0 Å². The number of nitrogens with one attached hydrogen (secondary N) is 1. The fraction of sp³-hybridized carbons (Fsp3) is 0.273. The van der Waals surface area contributed by atoms with Gasteiger partial charge in [0.15, 0.2) is 0 Å². The third-order valence-corrected chi connectivity index (χ3v) is 1.87. The first-order valence-electron chi connectivity index (χ1n) is 4.52. The van der Waals surface area contributed by atoms with Gasteiger partial charge in [0.25, 0.3) is 5.91 Å². The summed E-state index contributed by atoms with van der Waals surface area (Å²) in [7, 11) is 1.54. The summed E-state index contributed by atoms with van der Waals surface area (Å²) in [5.41, 5.74) is 0.483. The average molecular weight is 204 g/mol. The third-order valence-electron chi connectivity index (χ3n) is 1.87. The number of methoxy groups -OCH3 is 1. The molecule has 1 aromatic carbocycles. The van der Waals surface area contributed by atoms with Crippen LogP contribution in [-0.2, 0) is 0 Å². The lowest BCUT2D eigenvalue weighted by atomic mass is 10.2. The number of amides is 1. The normalized spacial score (nSPS) is 11.3. The second kappa shape index (κ2) is 5.01. The molecule has 1 rings (SSSR count). The molecule has 0 aromatic heterocycles. The van der Waals surface area contributed by atoms with Gasteiger partial charge in [0.05, 0.1) is 13.2 Å². The van der Waals surface area contributed by atoms with Crippen molar-refractivity contribution >= 4 is 5.91 Å². The van der Waals surface area contributed by atoms with E-state index in [2.05, 4.69) is 5.32 Å². The predicted molar refractivity (Wildman–Crippen MR) is 55.5 cm³/mol. The van der Waals surface area contributed by atoms with Gasteiger partial charge in [-0.3, -0.25) is 4.79 Å². The molecular weight excluding hydrogens is 192 g/mol. The highest BCUT2D eigenvalue weighted by Gasteiger charge is 2.09. The fourth-order valence-corrected chi connectivity index (χ4v) is 1.08. The maximum atomic E-state index is 11.6. The molecule has 0 fully saturated rings. The molecular formula is C11H12N2O2. The standard InChI is InChI=1S/C11H12N2O2/c1-8(7-12)13-11(14)9-4-3-5-10(6-9)15-2/h3-6,8H,1-2H3,(H,13,14). The lowest BCUT2D eigenvalue weighted by Gasteiger charge is -2.07. The molecule has 0 radical (unpaired) electrons. The lowest BCUT2D eigenvalue weighted by molar-refractivity contribution is 0.0947. The van der Waals surface area contributed by atoms with E-state index in [1.165, 1.54) is 7.11 Å². The monoisotopic (exact) mass is 204 g/mol. The highest BCUT2D eigenvalue weighted by molar-refractivity contribution is 5.94. The quantitative estimate of drug-likeness (QED) is 0.808. The third kappa shape index (κ3) is 2.99. The fourth-order valence-electron chi connectivity index (χ4n) is 1.08. The largest absolute Gasteiger partial charge is 0.497 e. The van der Waals surface area contributed by atoms with Crippen LogP contribution in [-0.4, -0.2) is 19.1 Å². The van der Waals surface area contributed by atoms with Crippen molar-refractivity contribution < 1.29 is 9.53 Å². The molecule has 1 aromatic rings. The predicted octanol–water partition coefficient (Wildman–Crippen LogP) is 1.34. The number of hydrogen-bond donors (Lipinski definition) is 1. The molecule has 0 saturated heterocycles. The van der Waals surface area contributed by atoms with Gasteiger partial charge in [-0.1, -0.05) is 6.07 Å². The van der Waals surface area contributed by atoms with Crippen molar-refractivity contribution in [1.82, 2.24) is 5.32 Å². The number of nitrogens with zero attached hydrogens (tertiary/aromatic N) is 1. The summed E-state index contributed by atoms with van der Waals surface area (Å²) in [5, 5.41) is 11.1. The number of ether oxygens (including phenoxy) is 1. The van der Waals surface area contributed by atoms with Crippen LogP contribution < -0.4 is 10.1 Å². The zero-order chi connectivity index (χ0) is 11.3. The first-order valence-corrected chi connectivity index (χ1v) is 4.52. The maximum Gasteiger partial charge on any atom is 0.252 e. The van der Waals surface area contributed by atoms with Crippen LogP contribution in [0, 0.1) is 11.3 Å². The van der Waals surface area contributed by atoms with E-state index in [1.807, 2.05) is 6.07 Å². The van der Waals surface area contributed by atoms with Crippen LogP contribution in [0.5, 0.6) is 5.75 Å². The van der Waals surface area contributed by atoms with Gasteiger partial charge in [-0.2, -0.15) is 5.26 Å². The molecule has 0 heterocycles. The Balaban J connectivity index is 2.78. The number of carbonyl (C=O) groups is 1. The van der Waals surface area contributed by atoms with E-state index in [1.54, 1.807) is 31.2 Å². The summed E-state index contributed by atoms with van der Waals surface area (Å²) >= 11 is 0. The topological polar surface area (TPSA) is 62.1 Å². The van der Waals surface area contributed by atoms with Crippen LogP contribution >= 0.6 is 0 Å². The van der Waals surface area contributed by atoms with Crippen LogP contribution in [0.1, 0.15) is 17.3 Å². The zero-order valence-corrected chi connectivity index (χ0v) is 8.65. The second-order valence-electron chi connectivity index (χ2n) is 3.06. The average Bonchev–Trinajstić information content (AvgIpc) is 2.28. The van der Waals surface area contributed by atoms with Crippen LogP contribution in [0.4, 0.5) is 0 Å². The molecule has 1 N–H and O–H groups in total. The Labute approximate surface area is 88.5 Å². The summed E-state index contributed by atoms with van der Waals surface area (Å²) in [6, 6.07) is 8.21. The van der Waals surface area contributed by atoms with E-state index in [0.29, 0.717) is 11.3 Å². The molecule has 0 bridgehead atoms. The molecule has 4 heteroatoms. The smallest absolute Gasteiger partial charge is 0.252 e. The van der Waals surface area contributed by atoms with Crippen molar-refractivity contribution in [1.29, 1.82) is 5.26 Å². The first-order chi connectivity index (χ1) is 7.17. The van der Waals surface area contributed by atoms with Gasteiger partial charge >= 0.3 is 0 Å². The molecule has 1 atom stereocenters. The minimum Gasteiger partial charge on any atom is -0.497 e. The Morgan fingerprint density at radius 1 is 1.60 bits per heavy atom. The Morgan fingerprint density at radius 2 is 2.33 bits per heavy atom. The molecule has 15 heavy (non-hydrogen) atoms. The molecule has 0 saturated carbocycles. The number of benzene rings is 1. The van der Waals surface area contributed by atoms with Crippen LogP contribution in [0.2, 0.25) is 0 Å².